The first-order valence-corrected chi connectivity index (χ1v) is 15.6. The van der Waals surface area contributed by atoms with Crippen LogP contribution in [-0.2, 0) is 6.54 Å². The summed E-state index contributed by atoms with van der Waals surface area (Å²) >= 11 is 1.84. The molecule has 0 radical (unpaired) electrons. The summed E-state index contributed by atoms with van der Waals surface area (Å²) in [5, 5.41) is 5.96. The highest BCUT2D eigenvalue weighted by Gasteiger charge is 2.13. The molecule has 0 fully saturated rings. The summed E-state index contributed by atoms with van der Waals surface area (Å²) in [6.45, 7) is 5.88. The van der Waals surface area contributed by atoms with E-state index in [0.29, 0.717) is 6.61 Å². The number of hydrogen-bond donors (Lipinski definition) is 2. The first-order valence-electron chi connectivity index (χ1n) is 14.6. The predicted molar refractivity (Wildman–Crippen MR) is 164 cm³/mol. The topological polar surface area (TPSA) is 53.6 Å². The molecule has 0 atom stereocenters. The zero-order chi connectivity index (χ0) is 26.8. The van der Waals surface area contributed by atoms with Crippen LogP contribution in [0.5, 0.6) is 5.75 Å². The molecule has 0 saturated heterocycles. The van der Waals surface area contributed by atoms with E-state index in [9.17, 15) is 4.79 Å². The van der Waals surface area contributed by atoms with E-state index in [0.717, 1.165) is 41.5 Å². The molecule has 0 bridgehead atoms. The van der Waals surface area contributed by atoms with Crippen molar-refractivity contribution >= 4 is 29.2 Å². The lowest BCUT2D eigenvalue weighted by Crippen LogP contribution is -2.21. The number of carbonyl (C=O) groups is 1. The van der Waals surface area contributed by atoms with E-state index in [2.05, 4.69) is 41.6 Å². The Kier molecular flexibility index (Phi) is 14.0. The molecule has 38 heavy (non-hydrogen) atoms. The first kappa shape index (κ1) is 29.9. The summed E-state index contributed by atoms with van der Waals surface area (Å²) in [4.78, 5) is 16.3. The second kappa shape index (κ2) is 17.8. The zero-order valence-electron chi connectivity index (χ0n) is 23.5. The van der Waals surface area contributed by atoms with Gasteiger partial charge in [0.25, 0.3) is 0 Å². The number of allylic oxidation sites excluding steroid dienone is 1. The number of amides is 2. The SMILES string of the molecule is CCCCCCCCCCCCCCOc1cccc(NC(=O)Nc2ccccc2CN2C=C(C)SC2)c1. The molecule has 0 unspecified atom stereocenters. The third-order valence-electron chi connectivity index (χ3n) is 6.82. The van der Waals surface area contributed by atoms with Crippen molar-refractivity contribution in [2.45, 2.75) is 97.4 Å². The van der Waals surface area contributed by atoms with Gasteiger partial charge in [0.05, 0.1) is 12.5 Å². The molecule has 2 N–H and O–H groups in total. The van der Waals surface area contributed by atoms with Crippen LogP contribution in [0, 0.1) is 0 Å². The molecule has 1 heterocycles. The zero-order valence-corrected chi connectivity index (χ0v) is 24.3. The van der Waals surface area contributed by atoms with E-state index in [4.69, 9.17) is 4.74 Å². The minimum Gasteiger partial charge on any atom is -0.494 e. The van der Waals surface area contributed by atoms with E-state index in [-0.39, 0.29) is 6.03 Å². The molecule has 3 rings (SSSR count). The van der Waals surface area contributed by atoms with Gasteiger partial charge in [-0.3, -0.25) is 0 Å². The second-order valence-corrected chi connectivity index (χ2v) is 11.5. The number of ether oxygens (including phenoxy) is 1. The largest absolute Gasteiger partial charge is 0.494 e. The van der Waals surface area contributed by atoms with Gasteiger partial charge < -0.3 is 20.3 Å². The predicted octanol–water partition coefficient (Wildman–Crippen LogP) is 9.78. The van der Waals surface area contributed by atoms with Crippen LogP contribution in [0.15, 0.2) is 59.6 Å². The lowest BCUT2D eigenvalue weighted by Gasteiger charge is -2.18. The molecule has 0 aliphatic carbocycles. The number of nitrogens with one attached hydrogen (secondary N) is 2. The number of urea groups is 1. The van der Waals surface area contributed by atoms with Crippen molar-refractivity contribution in [3.8, 4) is 5.75 Å². The molecule has 2 amide bonds. The summed E-state index contributed by atoms with van der Waals surface area (Å²) in [6, 6.07) is 15.4. The number of hydrogen-bond acceptors (Lipinski definition) is 4. The highest BCUT2D eigenvalue weighted by molar-refractivity contribution is 8.03. The Morgan fingerprint density at radius 2 is 1.55 bits per heavy atom. The van der Waals surface area contributed by atoms with Gasteiger partial charge in [0.1, 0.15) is 5.75 Å². The second-order valence-electron chi connectivity index (χ2n) is 10.3. The van der Waals surface area contributed by atoms with Crippen LogP contribution >= 0.6 is 11.8 Å². The molecule has 5 nitrogen and oxygen atoms in total. The summed E-state index contributed by atoms with van der Waals surface area (Å²) in [7, 11) is 0. The maximum absolute atomic E-state index is 12.7. The number of benzene rings is 2. The summed E-state index contributed by atoms with van der Waals surface area (Å²) in [5.74, 6) is 1.73. The van der Waals surface area contributed by atoms with Gasteiger partial charge in [-0.1, -0.05) is 102 Å². The van der Waals surface area contributed by atoms with Gasteiger partial charge in [0.15, 0.2) is 0 Å². The Morgan fingerprint density at radius 3 is 2.24 bits per heavy atom. The van der Waals surface area contributed by atoms with Crippen molar-refractivity contribution in [3.63, 3.8) is 0 Å². The van der Waals surface area contributed by atoms with E-state index >= 15 is 0 Å². The molecule has 0 saturated carbocycles. The van der Waals surface area contributed by atoms with Crippen molar-refractivity contribution < 1.29 is 9.53 Å². The minimum atomic E-state index is -0.252. The van der Waals surface area contributed by atoms with Crippen LogP contribution in [0.25, 0.3) is 0 Å². The Labute approximate surface area is 234 Å². The van der Waals surface area contributed by atoms with Crippen molar-refractivity contribution in [3.05, 3.63) is 65.2 Å². The molecule has 6 heteroatoms. The molecule has 2 aromatic carbocycles. The van der Waals surface area contributed by atoms with Gasteiger partial charge in [-0.2, -0.15) is 0 Å². The van der Waals surface area contributed by atoms with Crippen LogP contribution in [0.2, 0.25) is 0 Å². The van der Waals surface area contributed by atoms with E-state index in [1.807, 2.05) is 54.2 Å². The Hall–Kier alpha value is -2.60. The van der Waals surface area contributed by atoms with Crippen LogP contribution < -0.4 is 15.4 Å². The highest BCUT2D eigenvalue weighted by atomic mass is 32.2. The maximum Gasteiger partial charge on any atom is 0.323 e. The maximum atomic E-state index is 12.7. The molecule has 0 spiro atoms. The number of carbonyl (C=O) groups excluding carboxylic acids is 1. The monoisotopic (exact) mass is 537 g/mol. The molecule has 1 aliphatic rings. The fourth-order valence-corrected chi connectivity index (χ4v) is 5.45. The molecule has 0 aromatic heterocycles. The average Bonchev–Trinajstić information content (AvgIpc) is 3.32. The van der Waals surface area contributed by atoms with Crippen molar-refractivity contribution in [1.82, 2.24) is 4.90 Å². The third-order valence-corrected chi connectivity index (χ3v) is 7.84. The number of anilines is 2. The first-order chi connectivity index (χ1) is 18.6. The van der Waals surface area contributed by atoms with Gasteiger partial charge in [-0.25, -0.2) is 4.79 Å². The lowest BCUT2D eigenvalue weighted by atomic mass is 10.1. The van der Waals surface area contributed by atoms with Crippen molar-refractivity contribution in [1.29, 1.82) is 0 Å². The molecule has 1 aliphatic heterocycles. The van der Waals surface area contributed by atoms with Crippen molar-refractivity contribution in [2.24, 2.45) is 0 Å². The number of para-hydroxylation sites is 1. The lowest BCUT2D eigenvalue weighted by molar-refractivity contribution is 0.262. The van der Waals surface area contributed by atoms with Crippen LogP contribution in [0.1, 0.15) is 96.5 Å². The highest BCUT2D eigenvalue weighted by Crippen LogP contribution is 2.28. The molecule has 2 aromatic rings. The smallest absolute Gasteiger partial charge is 0.323 e. The van der Waals surface area contributed by atoms with Crippen molar-refractivity contribution in [2.75, 3.05) is 23.1 Å². The molecular weight excluding hydrogens is 490 g/mol. The fourth-order valence-electron chi connectivity index (χ4n) is 4.69. The van der Waals surface area contributed by atoms with Crippen LogP contribution in [0.3, 0.4) is 0 Å². The fraction of sp³-hybridized carbons (Fsp3) is 0.531. The van der Waals surface area contributed by atoms with Gasteiger partial charge in [-0.05, 0) is 42.0 Å². The number of unbranched alkanes of at least 4 members (excludes halogenated alkanes) is 11. The number of rotatable bonds is 18. The standard InChI is InChI=1S/C32H47N3O2S/c1-3-4-5-6-7-8-9-10-11-12-13-16-22-37-30-20-17-19-29(23-30)33-32(36)34-31-21-15-14-18-28(31)25-35-24-27(2)38-26-35/h14-15,17-21,23-24H,3-13,16,22,25-26H2,1-2H3,(H2,33,34,36). The average molecular weight is 538 g/mol. The summed E-state index contributed by atoms with van der Waals surface area (Å²) in [5.41, 5.74) is 2.64. The summed E-state index contributed by atoms with van der Waals surface area (Å²) < 4.78 is 5.96. The Bertz CT molecular complexity index is 994. The van der Waals surface area contributed by atoms with Crippen LogP contribution in [-0.4, -0.2) is 23.4 Å². The number of nitrogens with zero attached hydrogens (tertiary/aromatic N) is 1. The van der Waals surface area contributed by atoms with Gasteiger partial charge in [-0.15, -0.1) is 11.8 Å². The normalized spacial score (nSPS) is 12.9. The minimum absolute atomic E-state index is 0.252. The van der Waals surface area contributed by atoms with E-state index in [1.54, 1.807) is 0 Å². The van der Waals surface area contributed by atoms with E-state index in [1.165, 1.54) is 75.5 Å². The van der Waals surface area contributed by atoms with Gasteiger partial charge >= 0.3 is 6.03 Å². The quantitative estimate of drug-likeness (QED) is 0.186. The number of thioether (sulfide) groups is 1. The van der Waals surface area contributed by atoms with E-state index < -0.39 is 0 Å². The van der Waals surface area contributed by atoms with Crippen LogP contribution in [0.4, 0.5) is 16.2 Å². The summed E-state index contributed by atoms with van der Waals surface area (Å²) in [6.07, 6.45) is 18.2. The molecule has 208 valence electrons. The Morgan fingerprint density at radius 1 is 0.868 bits per heavy atom. The third kappa shape index (κ3) is 11.8. The van der Waals surface area contributed by atoms with Gasteiger partial charge in [0, 0.05) is 30.2 Å². The van der Waals surface area contributed by atoms with Gasteiger partial charge in [0.2, 0.25) is 0 Å². The molecular formula is C32H47N3O2S. The Balaban J connectivity index is 1.30.